The molecule has 1 aromatic carbocycles. The van der Waals surface area contributed by atoms with Gasteiger partial charge in [-0.25, -0.2) is 4.39 Å². The Labute approximate surface area is 79.7 Å². The minimum atomic E-state index is -0.315. The van der Waals surface area contributed by atoms with Crippen molar-refractivity contribution in [2.75, 3.05) is 5.33 Å². The maximum atomic E-state index is 12.9. The van der Waals surface area contributed by atoms with Crippen molar-refractivity contribution in [3.63, 3.8) is 0 Å². The lowest BCUT2D eigenvalue weighted by molar-refractivity contribution is 0.236. The molecule has 1 atom stereocenters. The summed E-state index contributed by atoms with van der Waals surface area (Å²) in [5, 5.41) is 0.696. The third-order valence-electron chi connectivity index (χ3n) is 1.38. The second-order valence-corrected chi connectivity index (χ2v) is 3.16. The minimum absolute atomic E-state index is 0.0121. The first-order chi connectivity index (χ1) is 5.74. The second-order valence-electron chi connectivity index (χ2n) is 2.51. The zero-order valence-corrected chi connectivity index (χ0v) is 8.34. The van der Waals surface area contributed by atoms with E-state index in [2.05, 4.69) is 15.9 Å². The number of benzene rings is 1. The lowest BCUT2D eigenvalue weighted by Crippen LogP contribution is -2.13. The topological polar surface area (TPSA) is 9.23 Å². The molecular formula is C9H10BrFO. The van der Waals surface area contributed by atoms with Gasteiger partial charge >= 0.3 is 0 Å². The molecule has 0 aliphatic rings. The van der Waals surface area contributed by atoms with Gasteiger partial charge in [0.05, 0.1) is 0 Å². The van der Waals surface area contributed by atoms with Gasteiger partial charge in [-0.2, -0.15) is 0 Å². The second kappa shape index (κ2) is 4.45. The lowest BCUT2D eigenvalue weighted by atomic mass is 10.3. The molecule has 0 radical (unpaired) electrons. The highest BCUT2D eigenvalue weighted by Gasteiger charge is 2.05. The van der Waals surface area contributed by atoms with Crippen molar-refractivity contribution < 1.29 is 9.13 Å². The van der Waals surface area contributed by atoms with E-state index in [9.17, 15) is 4.39 Å². The van der Waals surface area contributed by atoms with Crippen LogP contribution in [0.3, 0.4) is 0 Å². The first-order valence-electron chi connectivity index (χ1n) is 3.71. The average molecular weight is 233 g/mol. The van der Waals surface area contributed by atoms with Crippen LogP contribution in [0.5, 0.6) is 5.75 Å². The highest BCUT2D eigenvalue weighted by molar-refractivity contribution is 9.09. The first-order valence-corrected chi connectivity index (χ1v) is 4.83. The van der Waals surface area contributed by atoms with Crippen molar-refractivity contribution in [2.45, 2.75) is 13.0 Å². The summed E-state index contributed by atoms with van der Waals surface area (Å²) in [6.45, 7) is 1.88. The SMILES string of the molecule is C[C@@H](CBr)Oc1ccccc1F. The molecule has 1 rings (SSSR count). The Morgan fingerprint density at radius 3 is 2.75 bits per heavy atom. The molecule has 0 fully saturated rings. The van der Waals surface area contributed by atoms with Gasteiger partial charge in [0.2, 0.25) is 0 Å². The molecule has 12 heavy (non-hydrogen) atoms. The van der Waals surface area contributed by atoms with Crippen LogP contribution in [0, 0.1) is 5.82 Å². The zero-order chi connectivity index (χ0) is 8.97. The summed E-state index contributed by atoms with van der Waals surface area (Å²) in [5.74, 6) is -0.00486. The minimum Gasteiger partial charge on any atom is -0.487 e. The van der Waals surface area contributed by atoms with Crippen molar-refractivity contribution in [3.8, 4) is 5.75 Å². The molecular weight excluding hydrogens is 223 g/mol. The maximum Gasteiger partial charge on any atom is 0.165 e. The Bertz CT molecular complexity index is 252. The molecule has 0 saturated carbocycles. The Morgan fingerprint density at radius 2 is 2.17 bits per heavy atom. The largest absolute Gasteiger partial charge is 0.487 e. The van der Waals surface area contributed by atoms with E-state index in [0.29, 0.717) is 11.1 Å². The maximum absolute atomic E-state index is 12.9. The number of ether oxygens (including phenoxy) is 1. The van der Waals surface area contributed by atoms with Crippen molar-refractivity contribution in [1.82, 2.24) is 0 Å². The summed E-state index contributed by atoms with van der Waals surface area (Å²) in [6.07, 6.45) is -0.0121. The number of alkyl halides is 1. The third-order valence-corrected chi connectivity index (χ3v) is 2.29. The van der Waals surface area contributed by atoms with Gasteiger partial charge in [-0.3, -0.25) is 0 Å². The average Bonchev–Trinajstić information content (AvgIpc) is 2.09. The highest BCUT2D eigenvalue weighted by Crippen LogP contribution is 2.17. The molecule has 0 spiro atoms. The van der Waals surface area contributed by atoms with Crippen LogP contribution < -0.4 is 4.74 Å². The first kappa shape index (κ1) is 9.52. The van der Waals surface area contributed by atoms with Crippen LogP contribution in [0.25, 0.3) is 0 Å². The van der Waals surface area contributed by atoms with Crippen LogP contribution in [0.15, 0.2) is 24.3 Å². The summed E-state index contributed by atoms with van der Waals surface area (Å²) in [4.78, 5) is 0. The van der Waals surface area contributed by atoms with E-state index in [4.69, 9.17) is 4.74 Å². The van der Waals surface area contributed by atoms with E-state index in [1.165, 1.54) is 6.07 Å². The van der Waals surface area contributed by atoms with Gasteiger partial charge in [-0.05, 0) is 19.1 Å². The van der Waals surface area contributed by atoms with E-state index in [-0.39, 0.29) is 11.9 Å². The standard InChI is InChI=1S/C9H10BrFO/c1-7(6-10)12-9-5-3-2-4-8(9)11/h2-5,7H,6H2,1H3/t7-/m0/s1. The normalized spacial score (nSPS) is 12.6. The monoisotopic (exact) mass is 232 g/mol. The molecule has 0 saturated heterocycles. The molecule has 1 nitrogen and oxygen atoms in total. The Balaban J connectivity index is 2.69. The Kier molecular flexibility index (Phi) is 3.53. The van der Waals surface area contributed by atoms with E-state index in [1.54, 1.807) is 18.2 Å². The van der Waals surface area contributed by atoms with Crippen LogP contribution in [0.1, 0.15) is 6.92 Å². The molecule has 0 bridgehead atoms. The number of hydrogen-bond acceptors (Lipinski definition) is 1. The number of para-hydroxylation sites is 1. The van der Waals surface area contributed by atoms with Crippen molar-refractivity contribution >= 4 is 15.9 Å². The zero-order valence-electron chi connectivity index (χ0n) is 6.76. The van der Waals surface area contributed by atoms with Gasteiger partial charge in [0.25, 0.3) is 0 Å². The summed E-state index contributed by atoms with van der Waals surface area (Å²) in [6, 6.07) is 6.39. The lowest BCUT2D eigenvalue weighted by Gasteiger charge is -2.11. The van der Waals surface area contributed by atoms with Crippen LogP contribution in [-0.2, 0) is 0 Å². The van der Waals surface area contributed by atoms with E-state index in [1.807, 2.05) is 6.92 Å². The molecule has 0 aliphatic heterocycles. The summed E-state index contributed by atoms with van der Waals surface area (Å²) in [7, 11) is 0. The summed E-state index contributed by atoms with van der Waals surface area (Å²) >= 11 is 3.25. The summed E-state index contributed by atoms with van der Waals surface area (Å²) < 4.78 is 18.2. The number of rotatable bonds is 3. The van der Waals surface area contributed by atoms with Crippen LogP contribution in [0.4, 0.5) is 4.39 Å². The quantitative estimate of drug-likeness (QED) is 0.729. The smallest absolute Gasteiger partial charge is 0.165 e. The van der Waals surface area contributed by atoms with Gasteiger partial charge in [0, 0.05) is 5.33 Å². The Hall–Kier alpha value is -0.570. The number of hydrogen-bond donors (Lipinski definition) is 0. The van der Waals surface area contributed by atoms with Crippen molar-refractivity contribution in [2.24, 2.45) is 0 Å². The van der Waals surface area contributed by atoms with Crippen LogP contribution in [0.2, 0.25) is 0 Å². The summed E-state index contributed by atoms with van der Waals surface area (Å²) in [5.41, 5.74) is 0. The van der Waals surface area contributed by atoms with Gasteiger partial charge < -0.3 is 4.74 Å². The predicted octanol–water partition coefficient (Wildman–Crippen LogP) is 2.99. The van der Waals surface area contributed by atoms with Crippen molar-refractivity contribution in [1.29, 1.82) is 0 Å². The van der Waals surface area contributed by atoms with Gasteiger partial charge in [0.1, 0.15) is 6.10 Å². The molecule has 0 aromatic heterocycles. The highest BCUT2D eigenvalue weighted by atomic mass is 79.9. The molecule has 0 amide bonds. The van der Waals surface area contributed by atoms with Gasteiger partial charge in [-0.1, -0.05) is 28.1 Å². The fourth-order valence-electron chi connectivity index (χ4n) is 0.789. The van der Waals surface area contributed by atoms with Crippen LogP contribution in [-0.4, -0.2) is 11.4 Å². The predicted molar refractivity (Wildman–Crippen MR) is 50.3 cm³/mol. The molecule has 66 valence electrons. The molecule has 1 aromatic rings. The van der Waals surface area contributed by atoms with Crippen molar-refractivity contribution in [3.05, 3.63) is 30.1 Å². The molecule has 0 N–H and O–H groups in total. The Morgan fingerprint density at radius 1 is 1.50 bits per heavy atom. The third kappa shape index (κ3) is 2.48. The fraction of sp³-hybridized carbons (Fsp3) is 0.333. The van der Waals surface area contributed by atoms with E-state index < -0.39 is 0 Å². The van der Waals surface area contributed by atoms with E-state index in [0.717, 1.165) is 0 Å². The van der Waals surface area contributed by atoms with Gasteiger partial charge in [-0.15, -0.1) is 0 Å². The van der Waals surface area contributed by atoms with E-state index >= 15 is 0 Å². The molecule has 0 unspecified atom stereocenters. The fourth-order valence-corrected chi connectivity index (χ4v) is 0.921. The molecule has 0 heterocycles. The van der Waals surface area contributed by atoms with Crippen LogP contribution >= 0.6 is 15.9 Å². The number of halogens is 2. The molecule has 3 heteroatoms. The molecule has 0 aliphatic carbocycles. The van der Waals surface area contributed by atoms with Gasteiger partial charge in [0.15, 0.2) is 11.6 Å².